The normalized spacial score (nSPS) is 10.4. The number of ether oxygens (including phenoxy) is 2. The highest BCUT2D eigenvalue weighted by molar-refractivity contribution is 7.98. The molecule has 0 fully saturated rings. The molecule has 0 saturated heterocycles. The molecule has 27 heavy (non-hydrogen) atoms. The number of hydrogen-bond acceptors (Lipinski definition) is 5. The summed E-state index contributed by atoms with van der Waals surface area (Å²) in [5.74, 6) is 1.87. The lowest BCUT2D eigenvalue weighted by molar-refractivity contribution is -0.118. The third-order valence-corrected chi connectivity index (χ3v) is 5.52. The van der Waals surface area contributed by atoms with Crippen LogP contribution in [0.5, 0.6) is 11.5 Å². The number of para-hydroxylation sites is 3. The van der Waals surface area contributed by atoms with Gasteiger partial charge in [0.25, 0.3) is 5.91 Å². The van der Waals surface area contributed by atoms with Crippen molar-refractivity contribution >= 4 is 34.7 Å². The minimum atomic E-state index is -0.204. The summed E-state index contributed by atoms with van der Waals surface area (Å²) in [5.41, 5.74) is 2.08. The van der Waals surface area contributed by atoms with Crippen LogP contribution in [0.25, 0.3) is 0 Å². The highest BCUT2D eigenvalue weighted by Gasteiger charge is 2.10. The van der Waals surface area contributed by atoms with Crippen molar-refractivity contribution in [2.24, 2.45) is 0 Å². The molecule has 6 heteroatoms. The van der Waals surface area contributed by atoms with Crippen molar-refractivity contribution in [3.05, 3.63) is 70.9 Å². The summed E-state index contributed by atoms with van der Waals surface area (Å²) >= 11 is 3.39. The second kappa shape index (κ2) is 10.0. The van der Waals surface area contributed by atoms with Gasteiger partial charge in [-0.1, -0.05) is 24.3 Å². The highest BCUT2D eigenvalue weighted by Crippen LogP contribution is 2.30. The van der Waals surface area contributed by atoms with Gasteiger partial charge in [-0.3, -0.25) is 4.79 Å². The fraction of sp³-hybridized carbons (Fsp3) is 0.190. The van der Waals surface area contributed by atoms with Crippen LogP contribution in [-0.4, -0.2) is 19.1 Å². The zero-order chi connectivity index (χ0) is 18.9. The first-order valence-electron chi connectivity index (χ1n) is 8.63. The average molecular weight is 400 g/mol. The fourth-order valence-electron chi connectivity index (χ4n) is 2.41. The summed E-state index contributed by atoms with van der Waals surface area (Å²) in [7, 11) is 0. The molecule has 0 radical (unpaired) electrons. The van der Waals surface area contributed by atoms with E-state index in [1.165, 1.54) is 5.56 Å². The van der Waals surface area contributed by atoms with Crippen LogP contribution in [0.2, 0.25) is 0 Å². The Morgan fingerprint density at radius 1 is 1.04 bits per heavy atom. The van der Waals surface area contributed by atoms with Crippen molar-refractivity contribution in [3.8, 4) is 11.5 Å². The summed E-state index contributed by atoms with van der Waals surface area (Å²) in [5, 5.41) is 7.15. The zero-order valence-corrected chi connectivity index (χ0v) is 16.6. The summed E-state index contributed by atoms with van der Waals surface area (Å²) < 4.78 is 11.2. The van der Waals surface area contributed by atoms with E-state index in [1.54, 1.807) is 29.2 Å². The number of thioether (sulfide) groups is 1. The van der Waals surface area contributed by atoms with Gasteiger partial charge >= 0.3 is 0 Å². The number of thiophene rings is 1. The zero-order valence-electron chi connectivity index (χ0n) is 15.0. The van der Waals surface area contributed by atoms with Gasteiger partial charge in [0.2, 0.25) is 0 Å². The van der Waals surface area contributed by atoms with E-state index in [-0.39, 0.29) is 12.5 Å². The van der Waals surface area contributed by atoms with E-state index < -0.39 is 0 Å². The standard InChI is InChI=1S/C21H21NO3S2/c1-2-24-18-8-4-5-9-19(18)25-13-21(23)22-17-7-3-6-10-20(17)27-15-16-11-12-26-14-16/h3-12,14H,2,13,15H2,1H3,(H,22,23). The van der Waals surface area contributed by atoms with Crippen molar-refractivity contribution in [1.29, 1.82) is 0 Å². The van der Waals surface area contributed by atoms with Gasteiger partial charge in [-0.05, 0) is 53.6 Å². The number of nitrogens with one attached hydrogen (secondary N) is 1. The number of carbonyl (C=O) groups excluding carboxylic acids is 1. The molecular formula is C21H21NO3S2. The number of amides is 1. The van der Waals surface area contributed by atoms with Gasteiger partial charge in [0.05, 0.1) is 12.3 Å². The van der Waals surface area contributed by atoms with Crippen LogP contribution in [0.4, 0.5) is 5.69 Å². The van der Waals surface area contributed by atoms with Crippen molar-refractivity contribution in [3.63, 3.8) is 0 Å². The molecule has 0 spiro atoms. The Labute approximate surface area is 167 Å². The van der Waals surface area contributed by atoms with Gasteiger partial charge < -0.3 is 14.8 Å². The lowest BCUT2D eigenvalue weighted by atomic mass is 10.3. The third-order valence-electron chi connectivity index (χ3n) is 3.64. The van der Waals surface area contributed by atoms with Crippen molar-refractivity contribution in [2.75, 3.05) is 18.5 Å². The Morgan fingerprint density at radius 3 is 2.52 bits per heavy atom. The first kappa shape index (κ1) is 19.3. The Bertz CT molecular complexity index is 865. The molecule has 1 amide bonds. The molecule has 0 aliphatic carbocycles. The quantitative estimate of drug-likeness (QED) is 0.486. The van der Waals surface area contributed by atoms with E-state index in [0.29, 0.717) is 18.1 Å². The number of anilines is 1. The lowest BCUT2D eigenvalue weighted by Gasteiger charge is -2.13. The predicted molar refractivity (Wildman–Crippen MR) is 112 cm³/mol. The minimum absolute atomic E-state index is 0.0758. The monoisotopic (exact) mass is 399 g/mol. The van der Waals surface area contributed by atoms with E-state index in [4.69, 9.17) is 9.47 Å². The molecule has 0 aliphatic heterocycles. The van der Waals surface area contributed by atoms with E-state index in [9.17, 15) is 4.79 Å². The van der Waals surface area contributed by atoms with Gasteiger partial charge in [0.15, 0.2) is 18.1 Å². The largest absolute Gasteiger partial charge is 0.490 e. The van der Waals surface area contributed by atoms with Crippen LogP contribution in [0.1, 0.15) is 12.5 Å². The Morgan fingerprint density at radius 2 is 1.78 bits per heavy atom. The SMILES string of the molecule is CCOc1ccccc1OCC(=O)Nc1ccccc1SCc1ccsc1. The molecule has 0 atom stereocenters. The van der Waals surface area contributed by atoms with Crippen LogP contribution in [0.3, 0.4) is 0 Å². The first-order valence-corrected chi connectivity index (χ1v) is 10.6. The van der Waals surface area contributed by atoms with Gasteiger partial charge in [0.1, 0.15) is 0 Å². The maximum absolute atomic E-state index is 12.4. The van der Waals surface area contributed by atoms with Crippen LogP contribution >= 0.6 is 23.1 Å². The number of benzene rings is 2. The smallest absolute Gasteiger partial charge is 0.262 e. The molecule has 140 valence electrons. The number of carbonyl (C=O) groups is 1. The van der Waals surface area contributed by atoms with Gasteiger partial charge in [-0.2, -0.15) is 11.3 Å². The second-order valence-corrected chi connectivity index (χ2v) is 7.43. The van der Waals surface area contributed by atoms with Crippen molar-refractivity contribution < 1.29 is 14.3 Å². The predicted octanol–water partition coefficient (Wildman–Crippen LogP) is 5.46. The van der Waals surface area contributed by atoms with Crippen LogP contribution in [0.15, 0.2) is 70.3 Å². The lowest BCUT2D eigenvalue weighted by Crippen LogP contribution is -2.20. The fourth-order valence-corrected chi connectivity index (χ4v) is 4.13. The Hall–Kier alpha value is -2.44. The second-order valence-electron chi connectivity index (χ2n) is 5.63. The molecule has 0 bridgehead atoms. The number of rotatable bonds is 9. The molecule has 1 N–H and O–H groups in total. The molecule has 2 aromatic carbocycles. The van der Waals surface area contributed by atoms with Gasteiger partial charge in [0, 0.05) is 10.6 Å². The van der Waals surface area contributed by atoms with Crippen LogP contribution in [0, 0.1) is 0 Å². The molecule has 3 rings (SSSR count). The maximum Gasteiger partial charge on any atom is 0.262 e. The summed E-state index contributed by atoms with van der Waals surface area (Å²) in [6.07, 6.45) is 0. The first-order chi connectivity index (χ1) is 13.3. The van der Waals surface area contributed by atoms with E-state index in [0.717, 1.165) is 16.3 Å². The topological polar surface area (TPSA) is 47.6 Å². The summed E-state index contributed by atoms with van der Waals surface area (Å²) in [6, 6.07) is 17.3. The average Bonchev–Trinajstić information content (AvgIpc) is 3.20. The van der Waals surface area contributed by atoms with Crippen molar-refractivity contribution in [2.45, 2.75) is 17.6 Å². The number of hydrogen-bond donors (Lipinski definition) is 1. The Kier molecular flexibility index (Phi) is 7.19. The third kappa shape index (κ3) is 5.77. The molecule has 0 saturated carbocycles. The van der Waals surface area contributed by atoms with Gasteiger partial charge in [-0.15, -0.1) is 11.8 Å². The van der Waals surface area contributed by atoms with E-state index in [1.807, 2.05) is 49.4 Å². The van der Waals surface area contributed by atoms with Gasteiger partial charge in [-0.25, -0.2) is 0 Å². The molecule has 0 aliphatic rings. The molecule has 4 nitrogen and oxygen atoms in total. The summed E-state index contributed by atoms with van der Waals surface area (Å²) in [4.78, 5) is 13.4. The van der Waals surface area contributed by atoms with Crippen LogP contribution in [-0.2, 0) is 10.5 Å². The van der Waals surface area contributed by atoms with Crippen LogP contribution < -0.4 is 14.8 Å². The van der Waals surface area contributed by atoms with E-state index >= 15 is 0 Å². The molecule has 3 aromatic rings. The Balaban J connectivity index is 1.58. The summed E-state index contributed by atoms with van der Waals surface area (Å²) in [6.45, 7) is 2.38. The highest BCUT2D eigenvalue weighted by atomic mass is 32.2. The molecular weight excluding hydrogens is 378 g/mol. The minimum Gasteiger partial charge on any atom is -0.490 e. The van der Waals surface area contributed by atoms with Crippen molar-refractivity contribution in [1.82, 2.24) is 0 Å². The maximum atomic E-state index is 12.4. The molecule has 1 heterocycles. The molecule has 1 aromatic heterocycles. The molecule has 0 unspecified atom stereocenters. The van der Waals surface area contributed by atoms with E-state index in [2.05, 4.69) is 22.1 Å².